The van der Waals surface area contributed by atoms with E-state index in [0.717, 1.165) is 13.0 Å². The van der Waals surface area contributed by atoms with Crippen LogP contribution in [0.3, 0.4) is 0 Å². The fourth-order valence-electron chi connectivity index (χ4n) is 1.82. The highest BCUT2D eigenvalue weighted by Gasteiger charge is 2.09. The van der Waals surface area contributed by atoms with Crippen LogP contribution in [0.15, 0.2) is 0 Å². The summed E-state index contributed by atoms with van der Waals surface area (Å²) in [5.41, 5.74) is 12.4. The first-order valence-electron chi connectivity index (χ1n) is 6.23. The molecule has 0 saturated heterocycles. The minimum absolute atomic E-state index is 0.199. The standard InChI is InChI=1S/C11H19N7/c1-2-3-4-5-6-14-8-7-9(17-10(12)15-7)18-11(13)16-8/h2-6H2,1H3,(H6,12,13,14,15,16,17,18). The van der Waals surface area contributed by atoms with Crippen LogP contribution in [0.25, 0.3) is 11.2 Å². The summed E-state index contributed by atoms with van der Waals surface area (Å²) >= 11 is 0. The first kappa shape index (κ1) is 12.4. The van der Waals surface area contributed by atoms with Crippen molar-refractivity contribution in [1.29, 1.82) is 0 Å². The van der Waals surface area contributed by atoms with Crippen LogP contribution in [-0.4, -0.2) is 26.5 Å². The molecule has 0 amide bonds. The molecule has 7 heteroatoms. The Bertz CT molecular complexity index is 519. The monoisotopic (exact) mass is 249 g/mol. The number of H-pyrrole nitrogens is 1. The van der Waals surface area contributed by atoms with Gasteiger partial charge in [0.1, 0.15) is 5.52 Å². The molecule has 2 rings (SSSR count). The molecule has 0 aliphatic rings. The molecule has 0 aliphatic carbocycles. The lowest BCUT2D eigenvalue weighted by molar-refractivity contribution is 0.684. The number of nitrogens with two attached hydrogens (primary N) is 2. The highest BCUT2D eigenvalue weighted by molar-refractivity contribution is 5.85. The van der Waals surface area contributed by atoms with Gasteiger partial charge in [-0.2, -0.15) is 15.0 Å². The molecule has 2 aromatic heterocycles. The minimum atomic E-state index is 0.199. The second-order valence-corrected chi connectivity index (χ2v) is 4.24. The maximum Gasteiger partial charge on any atom is 0.224 e. The van der Waals surface area contributed by atoms with E-state index in [2.05, 4.69) is 32.2 Å². The number of rotatable bonds is 6. The molecule has 7 nitrogen and oxygen atoms in total. The van der Waals surface area contributed by atoms with Crippen molar-refractivity contribution in [3.05, 3.63) is 0 Å². The maximum atomic E-state index is 5.63. The van der Waals surface area contributed by atoms with Gasteiger partial charge in [0.15, 0.2) is 17.4 Å². The third kappa shape index (κ3) is 2.79. The molecule has 0 fully saturated rings. The number of unbranched alkanes of at least 4 members (excludes halogenated alkanes) is 3. The lowest BCUT2D eigenvalue weighted by Gasteiger charge is -2.06. The first-order valence-corrected chi connectivity index (χ1v) is 6.23. The van der Waals surface area contributed by atoms with Gasteiger partial charge in [0.05, 0.1) is 0 Å². The predicted octanol–water partition coefficient (Wildman–Crippen LogP) is 1.51. The summed E-state index contributed by atoms with van der Waals surface area (Å²) in [6, 6.07) is 0. The number of aromatic amines is 1. The van der Waals surface area contributed by atoms with E-state index in [-0.39, 0.29) is 5.95 Å². The van der Waals surface area contributed by atoms with Crippen LogP contribution in [0.4, 0.5) is 17.7 Å². The van der Waals surface area contributed by atoms with E-state index in [4.69, 9.17) is 11.5 Å². The maximum absolute atomic E-state index is 5.63. The van der Waals surface area contributed by atoms with E-state index < -0.39 is 0 Å². The van der Waals surface area contributed by atoms with Crippen LogP contribution in [0.1, 0.15) is 32.6 Å². The second kappa shape index (κ2) is 5.52. The first-order chi connectivity index (χ1) is 8.70. The number of fused-ring (bicyclic) bond motifs is 1. The average molecular weight is 249 g/mol. The summed E-state index contributed by atoms with van der Waals surface area (Å²) in [6.45, 7) is 3.04. The van der Waals surface area contributed by atoms with Crippen LogP contribution < -0.4 is 16.8 Å². The molecule has 6 N–H and O–H groups in total. The molecular formula is C11H19N7. The highest BCUT2D eigenvalue weighted by atomic mass is 15.2. The Morgan fingerprint density at radius 2 is 1.94 bits per heavy atom. The van der Waals surface area contributed by atoms with Crippen molar-refractivity contribution in [2.24, 2.45) is 0 Å². The number of nitrogen functional groups attached to an aromatic ring is 2. The van der Waals surface area contributed by atoms with Crippen LogP contribution in [-0.2, 0) is 0 Å². The third-order valence-electron chi connectivity index (χ3n) is 2.71. The smallest absolute Gasteiger partial charge is 0.224 e. The Kier molecular flexibility index (Phi) is 3.81. The summed E-state index contributed by atoms with van der Waals surface area (Å²) in [6.07, 6.45) is 4.78. The van der Waals surface area contributed by atoms with Crippen LogP contribution in [0.2, 0.25) is 0 Å². The summed E-state index contributed by atoms with van der Waals surface area (Å²) in [5.74, 6) is 1.18. The Labute approximate surface area is 105 Å². The van der Waals surface area contributed by atoms with E-state index in [1.165, 1.54) is 19.3 Å². The predicted molar refractivity (Wildman–Crippen MR) is 73.1 cm³/mol. The Balaban J connectivity index is 2.07. The number of nitrogens with zero attached hydrogens (tertiary/aromatic N) is 3. The molecule has 2 heterocycles. The molecule has 2 aromatic rings. The van der Waals surface area contributed by atoms with Gasteiger partial charge in [-0.3, -0.25) is 0 Å². The number of hydrogen-bond donors (Lipinski definition) is 4. The lowest BCUT2D eigenvalue weighted by atomic mass is 10.2. The molecule has 0 unspecified atom stereocenters. The summed E-state index contributed by atoms with van der Waals surface area (Å²) in [5, 5.41) is 3.24. The zero-order valence-corrected chi connectivity index (χ0v) is 10.5. The van der Waals surface area contributed by atoms with Crippen molar-refractivity contribution in [2.75, 3.05) is 23.3 Å². The molecule has 0 aliphatic heterocycles. The van der Waals surface area contributed by atoms with Crippen molar-refractivity contribution in [1.82, 2.24) is 19.9 Å². The van der Waals surface area contributed by atoms with Gasteiger partial charge in [0.2, 0.25) is 5.95 Å². The molecule has 0 saturated carbocycles. The highest BCUT2D eigenvalue weighted by Crippen LogP contribution is 2.19. The van der Waals surface area contributed by atoms with Gasteiger partial charge >= 0.3 is 0 Å². The largest absolute Gasteiger partial charge is 0.369 e. The topological polar surface area (TPSA) is 119 Å². The zero-order valence-electron chi connectivity index (χ0n) is 10.5. The fourth-order valence-corrected chi connectivity index (χ4v) is 1.82. The summed E-state index contributed by atoms with van der Waals surface area (Å²) < 4.78 is 0. The number of anilines is 3. The van der Waals surface area contributed by atoms with Gasteiger partial charge in [0, 0.05) is 6.54 Å². The van der Waals surface area contributed by atoms with E-state index in [1.54, 1.807) is 0 Å². The molecule has 0 aromatic carbocycles. The van der Waals surface area contributed by atoms with Crippen molar-refractivity contribution in [2.45, 2.75) is 32.6 Å². The molecule has 18 heavy (non-hydrogen) atoms. The Morgan fingerprint density at radius 1 is 1.11 bits per heavy atom. The van der Waals surface area contributed by atoms with Gasteiger partial charge in [-0.1, -0.05) is 26.2 Å². The lowest BCUT2D eigenvalue weighted by Crippen LogP contribution is -2.06. The van der Waals surface area contributed by atoms with E-state index in [9.17, 15) is 0 Å². The number of aromatic nitrogens is 4. The van der Waals surface area contributed by atoms with Crippen molar-refractivity contribution in [3.8, 4) is 0 Å². The van der Waals surface area contributed by atoms with E-state index >= 15 is 0 Å². The SMILES string of the molecule is CCCCCCNc1nc(N)nc2nc(N)[nH]c12. The van der Waals surface area contributed by atoms with Crippen LogP contribution >= 0.6 is 0 Å². The molecule has 0 radical (unpaired) electrons. The minimum Gasteiger partial charge on any atom is -0.369 e. The van der Waals surface area contributed by atoms with E-state index in [0.29, 0.717) is 22.9 Å². The van der Waals surface area contributed by atoms with Crippen LogP contribution in [0, 0.1) is 0 Å². The third-order valence-corrected chi connectivity index (χ3v) is 2.71. The Morgan fingerprint density at radius 3 is 2.72 bits per heavy atom. The summed E-state index contributed by atoms with van der Waals surface area (Å²) in [4.78, 5) is 15.2. The van der Waals surface area contributed by atoms with Crippen molar-refractivity contribution in [3.63, 3.8) is 0 Å². The van der Waals surface area contributed by atoms with Crippen molar-refractivity contribution >= 4 is 28.9 Å². The zero-order chi connectivity index (χ0) is 13.0. The van der Waals surface area contributed by atoms with Gasteiger partial charge < -0.3 is 21.8 Å². The molecule has 0 atom stereocenters. The second-order valence-electron chi connectivity index (χ2n) is 4.24. The number of hydrogen-bond acceptors (Lipinski definition) is 6. The Hall–Kier alpha value is -2.05. The molecular weight excluding hydrogens is 230 g/mol. The van der Waals surface area contributed by atoms with Gasteiger partial charge in [0.25, 0.3) is 0 Å². The number of imidazole rings is 1. The summed E-state index contributed by atoms with van der Waals surface area (Å²) in [7, 11) is 0. The van der Waals surface area contributed by atoms with Crippen LogP contribution in [0.5, 0.6) is 0 Å². The normalized spacial score (nSPS) is 10.9. The molecule has 0 bridgehead atoms. The van der Waals surface area contributed by atoms with Crippen molar-refractivity contribution < 1.29 is 0 Å². The van der Waals surface area contributed by atoms with E-state index in [1.807, 2.05) is 0 Å². The van der Waals surface area contributed by atoms with Gasteiger partial charge in [-0.05, 0) is 6.42 Å². The molecule has 0 spiro atoms. The average Bonchev–Trinajstić information content (AvgIpc) is 2.69. The quantitative estimate of drug-likeness (QED) is 0.576. The number of nitrogens with one attached hydrogen (secondary N) is 2. The fraction of sp³-hybridized carbons (Fsp3) is 0.545. The van der Waals surface area contributed by atoms with Gasteiger partial charge in [-0.15, -0.1) is 0 Å². The van der Waals surface area contributed by atoms with Gasteiger partial charge in [-0.25, -0.2) is 0 Å². The molecule has 98 valence electrons.